The molecule has 0 radical (unpaired) electrons. The third-order valence-electron chi connectivity index (χ3n) is 4.42. The number of fused-ring (bicyclic) bond motifs is 1. The van der Waals surface area contributed by atoms with Gasteiger partial charge in [0.2, 0.25) is 6.33 Å². The highest BCUT2D eigenvalue weighted by Gasteiger charge is 2.19. The summed E-state index contributed by atoms with van der Waals surface area (Å²) in [6.45, 7) is 8.09. The number of hydrogen-bond donors (Lipinski definition) is 1. The monoisotopic (exact) mass is 325 g/mol. The highest BCUT2D eigenvalue weighted by molar-refractivity contribution is 5.74. The van der Waals surface area contributed by atoms with Crippen LogP contribution in [0.15, 0.2) is 48.8 Å². The van der Waals surface area contributed by atoms with Crippen LogP contribution < -0.4 is 9.30 Å². The van der Waals surface area contributed by atoms with Gasteiger partial charge in [-0.1, -0.05) is 18.2 Å². The molecule has 0 bridgehead atoms. The molecule has 0 aliphatic heterocycles. The molecular formula is C20H25N2O2+. The third-order valence-corrected chi connectivity index (χ3v) is 4.42. The lowest BCUT2D eigenvalue weighted by molar-refractivity contribution is -0.679. The predicted molar refractivity (Wildman–Crippen MR) is 95.2 cm³/mol. The molecule has 4 heteroatoms. The molecule has 0 aliphatic rings. The minimum Gasteiger partial charge on any atom is -0.491 e. The molecule has 24 heavy (non-hydrogen) atoms. The van der Waals surface area contributed by atoms with Crippen LogP contribution in [0.1, 0.15) is 18.1 Å². The number of ether oxygens (including phenoxy) is 1. The maximum Gasteiger partial charge on any atom is 0.244 e. The van der Waals surface area contributed by atoms with Crippen LogP contribution in [0.3, 0.4) is 0 Å². The summed E-state index contributed by atoms with van der Waals surface area (Å²) in [6, 6.07) is 14.0. The van der Waals surface area contributed by atoms with Crippen LogP contribution in [-0.4, -0.2) is 22.4 Å². The van der Waals surface area contributed by atoms with Gasteiger partial charge in [-0.3, -0.25) is 0 Å². The van der Waals surface area contributed by atoms with Crippen LogP contribution in [0.4, 0.5) is 0 Å². The average molecular weight is 325 g/mol. The molecule has 0 fully saturated rings. The van der Waals surface area contributed by atoms with E-state index in [4.69, 9.17) is 4.74 Å². The lowest BCUT2D eigenvalue weighted by Crippen LogP contribution is -2.41. The molecule has 1 N–H and O–H groups in total. The maximum absolute atomic E-state index is 10.4. The Morgan fingerprint density at radius 1 is 1.12 bits per heavy atom. The number of hydrogen-bond acceptors (Lipinski definition) is 2. The van der Waals surface area contributed by atoms with Gasteiger partial charge in [-0.15, -0.1) is 0 Å². The smallest absolute Gasteiger partial charge is 0.244 e. The Morgan fingerprint density at radius 2 is 1.83 bits per heavy atom. The Bertz CT molecular complexity index is 825. The fraction of sp³-hybridized carbons (Fsp3) is 0.350. The van der Waals surface area contributed by atoms with Gasteiger partial charge in [-0.2, -0.15) is 0 Å². The maximum atomic E-state index is 10.4. The molecule has 0 unspecified atom stereocenters. The van der Waals surface area contributed by atoms with Gasteiger partial charge >= 0.3 is 0 Å². The highest BCUT2D eigenvalue weighted by Crippen LogP contribution is 2.17. The van der Waals surface area contributed by atoms with Crippen molar-refractivity contribution in [1.82, 2.24) is 4.57 Å². The van der Waals surface area contributed by atoms with Crippen molar-refractivity contribution in [2.75, 3.05) is 6.61 Å². The minimum absolute atomic E-state index is 0.278. The fourth-order valence-electron chi connectivity index (χ4n) is 2.92. The minimum atomic E-state index is -0.562. The van der Waals surface area contributed by atoms with Crippen LogP contribution in [-0.2, 0) is 13.1 Å². The van der Waals surface area contributed by atoms with Gasteiger partial charge in [0, 0.05) is 0 Å². The molecule has 0 saturated heterocycles. The average Bonchev–Trinajstić information content (AvgIpc) is 2.91. The second-order valence-electron chi connectivity index (χ2n) is 6.26. The van der Waals surface area contributed by atoms with Gasteiger partial charge < -0.3 is 9.84 Å². The van der Waals surface area contributed by atoms with Crippen LogP contribution in [0.25, 0.3) is 11.0 Å². The highest BCUT2D eigenvalue weighted by atomic mass is 16.5. The van der Waals surface area contributed by atoms with Crippen LogP contribution in [0.2, 0.25) is 0 Å². The zero-order valence-corrected chi connectivity index (χ0v) is 14.6. The summed E-state index contributed by atoms with van der Waals surface area (Å²) in [4.78, 5) is 0. The lowest BCUT2D eigenvalue weighted by atomic mass is 10.1. The van der Waals surface area contributed by atoms with E-state index in [9.17, 15) is 5.11 Å². The standard InChI is InChI=1S/C20H25N2O2/c1-4-21-14-22(20-11-16(3)15(2)10-19(20)21)12-17(23)13-24-18-8-6-5-7-9-18/h5-11,14,17,23H,4,12-13H2,1-3H3/q+1/t17-/m0/s1. The van der Waals surface area contributed by atoms with Crippen molar-refractivity contribution in [3.8, 4) is 5.75 Å². The Kier molecular flexibility index (Phi) is 4.86. The van der Waals surface area contributed by atoms with Gasteiger partial charge in [0.15, 0.2) is 11.0 Å². The molecule has 1 heterocycles. The molecule has 2 aromatic carbocycles. The molecule has 1 atom stereocenters. The van der Waals surface area contributed by atoms with Gasteiger partial charge in [0.25, 0.3) is 0 Å². The van der Waals surface area contributed by atoms with Crippen LogP contribution in [0, 0.1) is 13.8 Å². The third kappa shape index (κ3) is 3.44. The zero-order chi connectivity index (χ0) is 17.1. The number of aromatic nitrogens is 2. The number of aryl methyl sites for hydroxylation is 3. The quantitative estimate of drug-likeness (QED) is 0.708. The summed E-state index contributed by atoms with van der Waals surface area (Å²) >= 11 is 0. The summed E-state index contributed by atoms with van der Waals surface area (Å²) < 4.78 is 9.99. The molecule has 126 valence electrons. The zero-order valence-electron chi connectivity index (χ0n) is 14.6. The Morgan fingerprint density at radius 3 is 2.54 bits per heavy atom. The van der Waals surface area contributed by atoms with Crippen LogP contribution in [0.5, 0.6) is 5.75 Å². The van der Waals surface area contributed by atoms with E-state index in [1.54, 1.807) is 0 Å². The molecule has 0 spiro atoms. The fourth-order valence-corrected chi connectivity index (χ4v) is 2.92. The van der Waals surface area contributed by atoms with E-state index in [2.05, 4.69) is 48.4 Å². The second-order valence-corrected chi connectivity index (χ2v) is 6.26. The van der Waals surface area contributed by atoms with E-state index in [-0.39, 0.29) is 6.61 Å². The van der Waals surface area contributed by atoms with E-state index >= 15 is 0 Å². The summed E-state index contributed by atoms with van der Waals surface area (Å²) in [6.07, 6.45) is 1.52. The number of benzene rings is 2. The SMILES string of the molecule is CCn1c[n+](C[C@H](O)COc2ccccc2)c2cc(C)c(C)cc21. The van der Waals surface area contributed by atoms with E-state index in [0.717, 1.165) is 17.8 Å². The van der Waals surface area contributed by atoms with Crippen molar-refractivity contribution in [3.63, 3.8) is 0 Å². The first-order chi connectivity index (χ1) is 11.6. The molecular weight excluding hydrogens is 300 g/mol. The van der Waals surface area contributed by atoms with Gasteiger partial charge in [-0.25, -0.2) is 9.13 Å². The Hall–Kier alpha value is -2.33. The van der Waals surface area contributed by atoms with Crippen molar-refractivity contribution >= 4 is 11.0 Å². The van der Waals surface area contributed by atoms with Crippen molar-refractivity contribution in [2.45, 2.75) is 40.0 Å². The first-order valence-electron chi connectivity index (χ1n) is 8.44. The molecule has 0 saturated carbocycles. The Labute approximate surface area is 142 Å². The van der Waals surface area contributed by atoms with Crippen molar-refractivity contribution < 1.29 is 14.4 Å². The Balaban J connectivity index is 1.78. The molecule has 3 aromatic rings. The number of aliphatic hydroxyl groups excluding tert-OH is 1. The summed E-state index contributed by atoms with van der Waals surface area (Å²) in [5.41, 5.74) is 4.91. The second kappa shape index (κ2) is 7.05. The number of para-hydroxylation sites is 1. The first-order valence-corrected chi connectivity index (χ1v) is 8.44. The number of imidazole rings is 1. The number of nitrogens with zero attached hydrogens (tertiary/aromatic N) is 2. The molecule has 0 amide bonds. The van der Waals surface area contributed by atoms with Gasteiger partial charge in [0.05, 0.1) is 6.54 Å². The molecule has 1 aromatic heterocycles. The van der Waals surface area contributed by atoms with Crippen molar-refractivity contribution in [1.29, 1.82) is 0 Å². The lowest BCUT2D eigenvalue weighted by Gasteiger charge is -2.11. The van der Waals surface area contributed by atoms with E-state index < -0.39 is 6.10 Å². The molecule has 4 nitrogen and oxygen atoms in total. The van der Waals surface area contributed by atoms with E-state index in [0.29, 0.717) is 6.54 Å². The largest absolute Gasteiger partial charge is 0.491 e. The van der Waals surface area contributed by atoms with Crippen molar-refractivity contribution in [3.05, 3.63) is 59.9 Å². The van der Waals surface area contributed by atoms with Gasteiger partial charge in [-0.05, 0) is 56.2 Å². The molecule has 3 rings (SSSR count). The summed E-state index contributed by atoms with van der Waals surface area (Å²) in [5.74, 6) is 0.781. The summed E-state index contributed by atoms with van der Waals surface area (Å²) in [7, 11) is 0. The predicted octanol–water partition coefficient (Wildman–Crippen LogP) is 3.01. The van der Waals surface area contributed by atoms with Crippen molar-refractivity contribution in [2.24, 2.45) is 0 Å². The topological polar surface area (TPSA) is 38.3 Å². The molecule has 0 aliphatic carbocycles. The van der Waals surface area contributed by atoms with Gasteiger partial charge in [0.1, 0.15) is 25.0 Å². The number of rotatable bonds is 6. The van der Waals surface area contributed by atoms with E-state index in [1.807, 2.05) is 30.3 Å². The number of aliphatic hydroxyl groups is 1. The van der Waals surface area contributed by atoms with Crippen LogP contribution >= 0.6 is 0 Å². The van der Waals surface area contributed by atoms with E-state index in [1.165, 1.54) is 16.6 Å². The normalized spacial score (nSPS) is 12.5. The first kappa shape index (κ1) is 16.5. The summed E-state index contributed by atoms with van der Waals surface area (Å²) in [5, 5.41) is 10.4.